The highest BCUT2D eigenvalue weighted by molar-refractivity contribution is 6.01. The molecule has 0 bridgehead atoms. The van der Waals surface area contributed by atoms with Crippen molar-refractivity contribution in [1.29, 1.82) is 0 Å². The molecule has 3 aromatic rings. The lowest BCUT2D eigenvalue weighted by Gasteiger charge is -2.28. The van der Waals surface area contributed by atoms with Crippen molar-refractivity contribution in [1.82, 2.24) is 16.0 Å². The number of fused-ring (bicyclic) bond motifs is 1. The average molecular weight is 610 g/mol. The number of benzene rings is 3. The maximum Gasteiger partial charge on any atom is 0.416 e. The summed E-state index contributed by atoms with van der Waals surface area (Å²) in [6.45, 7) is 6.35. The first-order valence-electron chi connectivity index (χ1n) is 14.7. The van der Waals surface area contributed by atoms with E-state index >= 15 is 0 Å². The number of nitrogens with one attached hydrogen (secondary N) is 3. The monoisotopic (exact) mass is 609 g/mol. The number of nitrogens with two attached hydrogens (primary N) is 1. The molecule has 0 spiro atoms. The maximum atomic E-state index is 13.8. The van der Waals surface area contributed by atoms with Gasteiger partial charge in [0.25, 0.3) is 0 Å². The van der Waals surface area contributed by atoms with Gasteiger partial charge in [-0.2, -0.15) is 13.2 Å². The van der Waals surface area contributed by atoms with E-state index in [4.69, 9.17) is 5.73 Å². The van der Waals surface area contributed by atoms with Crippen LogP contribution in [0.2, 0.25) is 0 Å². The van der Waals surface area contributed by atoms with E-state index in [1.54, 1.807) is 13.8 Å². The molecule has 0 saturated heterocycles. The number of halogens is 3. The first-order chi connectivity index (χ1) is 20.9. The SMILES string of the molecule is CCNC(=O)NCc1ccccc1-c1ccc(CN2C(=O)[C@H](NC(=O)C(N)C(C)C)CCc3cc(C(F)(F)F)ccc32)cc1. The Labute approximate surface area is 255 Å². The van der Waals surface area contributed by atoms with E-state index in [-0.39, 0.29) is 31.3 Å². The van der Waals surface area contributed by atoms with Crippen LogP contribution < -0.4 is 26.6 Å². The molecule has 0 aliphatic carbocycles. The number of urea groups is 1. The summed E-state index contributed by atoms with van der Waals surface area (Å²) < 4.78 is 40.6. The third-order valence-electron chi connectivity index (χ3n) is 7.70. The predicted octanol–water partition coefficient (Wildman–Crippen LogP) is 5.14. The van der Waals surface area contributed by atoms with Crippen LogP contribution >= 0.6 is 0 Å². The van der Waals surface area contributed by atoms with Crippen molar-refractivity contribution in [2.75, 3.05) is 11.4 Å². The molecule has 11 heteroatoms. The number of aryl methyl sites for hydroxylation is 1. The maximum absolute atomic E-state index is 13.8. The molecule has 5 N–H and O–H groups in total. The van der Waals surface area contributed by atoms with Gasteiger partial charge in [-0.1, -0.05) is 62.4 Å². The molecule has 0 saturated carbocycles. The minimum Gasteiger partial charge on any atom is -0.343 e. The normalized spacial score (nSPS) is 15.8. The Morgan fingerprint density at radius 1 is 1.02 bits per heavy atom. The molecule has 1 heterocycles. The highest BCUT2D eigenvalue weighted by Crippen LogP contribution is 2.36. The average Bonchev–Trinajstić information content (AvgIpc) is 3.12. The van der Waals surface area contributed by atoms with Crippen LogP contribution in [0.5, 0.6) is 0 Å². The van der Waals surface area contributed by atoms with Gasteiger partial charge in [-0.15, -0.1) is 0 Å². The third-order valence-corrected chi connectivity index (χ3v) is 7.70. The van der Waals surface area contributed by atoms with Crippen LogP contribution in [-0.2, 0) is 35.3 Å². The smallest absolute Gasteiger partial charge is 0.343 e. The first-order valence-corrected chi connectivity index (χ1v) is 14.7. The second-order valence-electron chi connectivity index (χ2n) is 11.2. The van der Waals surface area contributed by atoms with Crippen LogP contribution in [0.3, 0.4) is 0 Å². The zero-order valence-corrected chi connectivity index (χ0v) is 25.0. The van der Waals surface area contributed by atoms with Gasteiger partial charge in [0.15, 0.2) is 0 Å². The van der Waals surface area contributed by atoms with Crippen LogP contribution in [0.1, 0.15) is 49.4 Å². The molecule has 1 unspecified atom stereocenters. The largest absolute Gasteiger partial charge is 0.416 e. The molecule has 1 aliphatic heterocycles. The zero-order chi connectivity index (χ0) is 32.0. The molecule has 0 radical (unpaired) electrons. The fraction of sp³-hybridized carbons (Fsp3) is 0.364. The summed E-state index contributed by atoms with van der Waals surface area (Å²) in [5, 5.41) is 8.28. The molecular weight excluding hydrogens is 571 g/mol. The van der Waals surface area contributed by atoms with Crippen molar-refractivity contribution in [3.05, 3.63) is 89.0 Å². The fourth-order valence-electron chi connectivity index (χ4n) is 5.15. The van der Waals surface area contributed by atoms with Crippen LogP contribution in [0, 0.1) is 5.92 Å². The molecule has 4 rings (SSSR count). The lowest BCUT2D eigenvalue weighted by Crippen LogP contribution is -2.53. The Morgan fingerprint density at radius 2 is 1.73 bits per heavy atom. The summed E-state index contributed by atoms with van der Waals surface area (Å²) >= 11 is 0. The van der Waals surface area contributed by atoms with Gasteiger partial charge in [0.1, 0.15) is 6.04 Å². The number of amides is 4. The van der Waals surface area contributed by atoms with E-state index in [1.807, 2.05) is 55.5 Å². The topological polar surface area (TPSA) is 117 Å². The quantitative estimate of drug-likeness (QED) is 0.269. The molecule has 0 aromatic heterocycles. The number of rotatable bonds is 9. The van der Waals surface area contributed by atoms with Gasteiger partial charge in [0.05, 0.1) is 18.2 Å². The third kappa shape index (κ3) is 7.76. The number of anilines is 1. The summed E-state index contributed by atoms with van der Waals surface area (Å²) in [4.78, 5) is 40.0. The van der Waals surface area contributed by atoms with E-state index in [0.717, 1.165) is 34.4 Å². The van der Waals surface area contributed by atoms with Gasteiger partial charge in [0, 0.05) is 18.8 Å². The van der Waals surface area contributed by atoms with Crippen molar-refractivity contribution >= 4 is 23.5 Å². The molecule has 4 amide bonds. The highest BCUT2D eigenvalue weighted by atomic mass is 19.4. The van der Waals surface area contributed by atoms with Crippen molar-refractivity contribution in [2.45, 2.75) is 65.0 Å². The number of hydrogen-bond acceptors (Lipinski definition) is 4. The van der Waals surface area contributed by atoms with Gasteiger partial charge < -0.3 is 26.6 Å². The molecule has 234 valence electrons. The minimum atomic E-state index is -4.53. The van der Waals surface area contributed by atoms with Gasteiger partial charge in [-0.25, -0.2) is 4.79 Å². The van der Waals surface area contributed by atoms with E-state index in [1.165, 1.54) is 11.0 Å². The van der Waals surface area contributed by atoms with Gasteiger partial charge in [-0.05, 0) is 71.7 Å². The summed E-state index contributed by atoms with van der Waals surface area (Å²) in [7, 11) is 0. The molecule has 8 nitrogen and oxygen atoms in total. The zero-order valence-electron chi connectivity index (χ0n) is 25.0. The summed E-state index contributed by atoms with van der Waals surface area (Å²) in [6, 6.07) is 16.5. The number of carbonyl (C=O) groups is 3. The Bertz CT molecular complexity index is 1490. The number of nitrogens with zero attached hydrogens (tertiary/aromatic N) is 1. The molecule has 2 atom stereocenters. The summed E-state index contributed by atoms with van der Waals surface area (Å²) in [6.07, 6.45) is -4.22. The lowest BCUT2D eigenvalue weighted by molar-refractivity contribution is -0.137. The summed E-state index contributed by atoms with van der Waals surface area (Å²) in [5.41, 5.74) is 9.45. The standard InChI is InChI=1S/C33H38F3N5O3/c1-4-38-32(44)39-18-24-7-5-6-8-26(24)22-11-9-21(10-12-22)19-41-28-16-14-25(33(34,35)36)17-23(28)13-15-27(31(41)43)40-30(42)29(37)20(2)3/h5-12,14,16-17,20,27,29H,4,13,15,18-19,37H2,1-3H3,(H,40,42)(H2,38,39,44)/t27-,29?/m1/s1. The van der Waals surface area contributed by atoms with Gasteiger partial charge in [0.2, 0.25) is 11.8 Å². The van der Waals surface area contributed by atoms with Crippen LogP contribution in [0.4, 0.5) is 23.7 Å². The van der Waals surface area contributed by atoms with Crippen molar-refractivity contribution in [3.8, 4) is 11.1 Å². The van der Waals surface area contributed by atoms with Crippen LogP contribution in [-0.4, -0.2) is 36.5 Å². The molecule has 1 aliphatic rings. The Morgan fingerprint density at radius 3 is 2.39 bits per heavy atom. The van der Waals surface area contributed by atoms with E-state index in [0.29, 0.717) is 24.3 Å². The van der Waals surface area contributed by atoms with Crippen molar-refractivity contribution in [3.63, 3.8) is 0 Å². The second kappa shape index (κ2) is 13.9. The summed E-state index contributed by atoms with van der Waals surface area (Å²) in [5.74, 6) is -1.06. The van der Waals surface area contributed by atoms with E-state index < -0.39 is 35.6 Å². The number of carbonyl (C=O) groups excluding carboxylic acids is 3. The molecule has 0 fully saturated rings. The van der Waals surface area contributed by atoms with Crippen molar-refractivity contribution in [2.24, 2.45) is 11.7 Å². The van der Waals surface area contributed by atoms with Crippen molar-refractivity contribution < 1.29 is 27.6 Å². The molecule has 44 heavy (non-hydrogen) atoms. The van der Waals surface area contributed by atoms with E-state index in [2.05, 4.69) is 16.0 Å². The Balaban J connectivity index is 1.62. The Kier molecular flexibility index (Phi) is 10.3. The highest BCUT2D eigenvalue weighted by Gasteiger charge is 2.36. The number of hydrogen-bond donors (Lipinski definition) is 4. The second-order valence-corrected chi connectivity index (χ2v) is 11.2. The predicted molar refractivity (Wildman–Crippen MR) is 163 cm³/mol. The van der Waals surface area contributed by atoms with Gasteiger partial charge in [-0.3, -0.25) is 9.59 Å². The van der Waals surface area contributed by atoms with E-state index in [9.17, 15) is 27.6 Å². The minimum absolute atomic E-state index is 0.0838. The molecule has 3 aromatic carbocycles. The lowest BCUT2D eigenvalue weighted by atomic mass is 9.98. The van der Waals surface area contributed by atoms with Gasteiger partial charge >= 0.3 is 12.2 Å². The molecular formula is C33H38F3N5O3. The number of alkyl halides is 3. The van der Waals surface area contributed by atoms with Crippen LogP contribution in [0.25, 0.3) is 11.1 Å². The van der Waals surface area contributed by atoms with Crippen LogP contribution in [0.15, 0.2) is 66.7 Å². The Hall–Kier alpha value is -4.38. The first kappa shape index (κ1) is 32.5. The fourth-order valence-corrected chi connectivity index (χ4v) is 5.15.